The zero-order valence-electron chi connectivity index (χ0n) is 36.4. The first-order chi connectivity index (χ1) is 28.2. The molecule has 5 aromatic carbocycles. The van der Waals surface area contributed by atoms with E-state index in [4.69, 9.17) is 13.5 Å². The summed E-state index contributed by atoms with van der Waals surface area (Å²) < 4.78 is 30.0. The first kappa shape index (κ1) is 37.5. The minimum atomic E-state index is -2.08. The molecule has 0 bridgehead atoms. The van der Waals surface area contributed by atoms with E-state index < -0.39 is 20.1 Å². The van der Waals surface area contributed by atoms with Crippen LogP contribution in [0.5, 0.6) is 0 Å². The van der Waals surface area contributed by atoms with Gasteiger partial charge in [0.1, 0.15) is 5.58 Å². The van der Waals surface area contributed by atoms with Crippen LogP contribution in [0.2, 0.25) is 17.3 Å². The fraction of sp³-hybridized carbons (Fsp3) is 0.196. The first-order valence-electron chi connectivity index (χ1n) is 20.6. The van der Waals surface area contributed by atoms with E-state index in [0.29, 0.717) is 28.5 Å². The van der Waals surface area contributed by atoms with Crippen LogP contribution in [0.3, 0.4) is 0 Å². The van der Waals surface area contributed by atoms with Crippen LogP contribution in [0.4, 0.5) is 0 Å². The molecule has 0 aliphatic rings. The molecule has 3 aromatic heterocycles. The van der Waals surface area contributed by atoms with Crippen LogP contribution in [0.15, 0.2) is 132 Å². The smallest absolute Gasteiger partial charge is 0 e. The van der Waals surface area contributed by atoms with Gasteiger partial charge in [0.05, 0.1) is 17.2 Å². The van der Waals surface area contributed by atoms with Crippen LogP contribution >= 0.6 is 0 Å². The topological polar surface area (TPSA) is 62.7 Å². The maximum Gasteiger partial charge on any atom is 0 e. The van der Waals surface area contributed by atoms with Crippen LogP contribution in [0, 0.1) is 30.3 Å². The average molecular weight is 986 g/mol. The molecule has 0 amide bonds. The second kappa shape index (κ2) is 17.6. The molecular formula is C51H47GeIrN3O-2. The molecular weight excluding hydrogens is 935 g/mol. The molecule has 0 fully saturated rings. The standard InChI is InChI=1S/C36H29N2O.C15H18GeN.Ir/c1-22(2)27-12-8-13-28(23(3)4)34(27)25-18-19-38-32(20-25)31-15-9-14-29-30-17-16-26(21-37)33(36(30)39-35(29)31)24-10-6-5-7-11-24;1-12-5-7-13(8-6-12)15-10-9-14(11-17-15)16(2,3)4;/h5-14,16-20,22-23H,1-4H3;5-7,9-11H,1-4H3;/q2*-1;/i;1D3;. The Hall–Kier alpha value is -5.12. The molecule has 1 radical (unpaired) electrons. The molecule has 0 aliphatic heterocycles. The van der Waals surface area contributed by atoms with Gasteiger partial charge >= 0.3 is 110 Å². The van der Waals surface area contributed by atoms with Crippen molar-refractivity contribution in [2.45, 2.75) is 63.7 Å². The van der Waals surface area contributed by atoms with Crippen molar-refractivity contribution in [1.82, 2.24) is 9.97 Å². The van der Waals surface area contributed by atoms with Gasteiger partial charge in [-0.05, 0) is 57.5 Å². The number of fused-ring (bicyclic) bond motifs is 3. The third-order valence-corrected chi connectivity index (χ3v) is 14.4. The summed E-state index contributed by atoms with van der Waals surface area (Å²) in [5, 5.41) is 11.9. The third-order valence-electron chi connectivity index (χ3n) is 10.2. The molecule has 0 spiro atoms. The van der Waals surface area contributed by atoms with E-state index in [9.17, 15) is 5.26 Å². The second-order valence-electron chi connectivity index (χ2n) is 15.8. The molecule has 287 valence electrons. The van der Waals surface area contributed by atoms with E-state index >= 15 is 0 Å². The SMILES string of the molecule is CC(C)c1cccc(C(C)C)c1-c1ccnc(-c2[c-]ccc3c2oc2c(-c4ccccc4)c(C#N)ccc23)c1.[2H]C([2H])([2H])c1c[c-]c(-c2cc[c]([Ge]([CH3])([CH3])[CH3])cn2)cc1.[Ir]. The number of pyridine rings is 2. The van der Waals surface area contributed by atoms with Gasteiger partial charge in [-0.15, -0.1) is 18.2 Å². The summed E-state index contributed by atoms with van der Waals surface area (Å²) in [5.41, 5.74) is 12.5. The Kier molecular flexibility index (Phi) is 11.5. The van der Waals surface area contributed by atoms with E-state index in [2.05, 4.69) is 105 Å². The van der Waals surface area contributed by atoms with Crippen molar-refractivity contribution in [2.24, 2.45) is 0 Å². The van der Waals surface area contributed by atoms with Gasteiger partial charge in [-0.2, -0.15) is 5.26 Å². The quantitative estimate of drug-likeness (QED) is 0.118. The summed E-state index contributed by atoms with van der Waals surface area (Å²) in [7, 11) is 0. The Labute approximate surface area is 358 Å². The van der Waals surface area contributed by atoms with E-state index in [1.165, 1.54) is 27.2 Å². The van der Waals surface area contributed by atoms with Crippen molar-refractivity contribution in [3.8, 4) is 50.8 Å². The van der Waals surface area contributed by atoms with Crippen molar-refractivity contribution in [3.63, 3.8) is 0 Å². The van der Waals surface area contributed by atoms with Crippen LogP contribution in [0.1, 0.15) is 65.9 Å². The summed E-state index contributed by atoms with van der Waals surface area (Å²) in [6, 6.07) is 46.5. The minimum Gasteiger partial charge on any atom is 0 e. The monoisotopic (exact) mass is 987 g/mol. The maximum absolute atomic E-state index is 9.90. The second-order valence-corrected chi connectivity index (χ2v) is 26.4. The first-order valence-corrected chi connectivity index (χ1v) is 26.4. The van der Waals surface area contributed by atoms with Crippen molar-refractivity contribution in [2.75, 3.05) is 0 Å². The van der Waals surface area contributed by atoms with Crippen LogP contribution in [0.25, 0.3) is 66.7 Å². The fourth-order valence-electron chi connectivity index (χ4n) is 7.17. The summed E-state index contributed by atoms with van der Waals surface area (Å²) in [4.78, 5) is 9.26. The number of furan rings is 1. The van der Waals surface area contributed by atoms with E-state index in [-0.39, 0.29) is 20.1 Å². The van der Waals surface area contributed by atoms with Gasteiger partial charge in [0, 0.05) is 37.3 Å². The summed E-state index contributed by atoms with van der Waals surface area (Å²) in [6.45, 7) is 6.90. The largest absolute Gasteiger partial charge is 0 e. The summed E-state index contributed by atoms with van der Waals surface area (Å²) >= 11 is -1.83. The van der Waals surface area contributed by atoms with E-state index in [1.807, 2.05) is 73.1 Å². The number of rotatable bonds is 7. The predicted octanol–water partition coefficient (Wildman–Crippen LogP) is 13.3. The average Bonchev–Trinajstić information content (AvgIpc) is 3.62. The van der Waals surface area contributed by atoms with Crippen LogP contribution < -0.4 is 4.40 Å². The molecule has 0 N–H and O–H groups in total. The molecule has 8 rings (SSSR count). The van der Waals surface area contributed by atoms with Gasteiger partial charge in [0.25, 0.3) is 0 Å². The molecule has 6 heteroatoms. The zero-order valence-corrected chi connectivity index (χ0v) is 37.9. The number of hydrogen-bond donors (Lipinski definition) is 0. The van der Waals surface area contributed by atoms with Gasteiger partial charge in [-0.1, -0.05) is 99.3 Å². The summed E-state index contributed by atoms with van der Waals surface area (Å²) in [5.74, 6) is 7.77. The van der Waals surface area contributed by atoms with Crippen molar-refractivity contribution < 1.29 is 28.6 Å². The molecule has 0 atom stereocenters. The molecule has 0 saturated carbocycles. The Morgan fingerprint density at radius 2 is 1.46 bits per heavy atom. The molecule has 57 heavy (non-hydrogen) atoms. The molecule has 3 heterocycles. The number of nitrogens with zero attached hydrogens (tertiary/aromatic N) is 3. The summed E-state index contributed by atoms with van der Waals surface area (Å²) in [6.07, 6.45) is 3.82. The third kappa shape index (κ3) is 8.75. The van der Waals surface area contributed by atoms with Gasteiger partial charge in [0.15, 0.2) is 0 Å². The van der Waals surface area contributed by atoms with E-state index in [0.717, 1.165) is 55.6 Å². The van der Waals surface area contributed by atoms with Crippen molar-refractivity contribution in [1.29, 1.82) is 5.26 Å². The Morgan fingerprint density at radius 3 is 2.07 bits per heavy atom. The van der Waals surface area contributed by atoms with Gasteiger partial charge in [-0.25, -0.2) is 0 Å². The Morgan fingerprint density at radius 1 is 0.719 bits per heavy atom. The predicted molar refractivity (Wildman–Crippen MR) is 236 cm³/mol. The maximum atomic E-state index is 9.90. The van der Waals surface area contributed by atoms with Crippen molar-refractivity contribution in [3.05, 3.63) is 162 Å². The normalized spacial score (nSPS) is 12.3. The fourth-order valence-corrected chi connectivity index (χ4v) is 9.34. The molecule has 0 aliphatic carbocycles. The molecule has 4 nitrogen and oxygen atoms in total. The minimum absolute atomic E-state index is 0. The number of aryl methyl sites for hydroxylation is 1. The van der Waals surface area contributed by atoms with E-state index in [1.54, 1.807) is 12.1 Å². The Bertz CT molecular complexity index is 2720. The number of benzene rings is 5. The Balaban J connectivity index is 0.000000243. The number of hydrogen-bond acceptors (Lipinski definition) is 4. The van der Waals surface area contributed by atoms with Gasteiger partial charge < -0.3 is 9.40 Å². The molecule has 8 aromatic rings. The van der Waals surface area contributed by atoms with Crippen LogP contribution in [-0.2, 0) is 20.1 Å². The van der Waals surface area contributed by atoms with Crippen molar-refractivity contribution >= 4 is 39.6 Å². The number of nitriles is 1. The number of aromatic nitrogens is 2. The zero-order chi connectivity index (χ0) is 42.1. The molecule has 0 unspecified atom stereocenters. The molecule has 0 saturated heterocycles. The van der Waals surface area contributed by atoms with Crippen LogP contribution in [-0.4, -0.2) is 23.2 Å². The van der Waals surface area contributed by atoms with Gasteiger partial charge in [-0.3, -0.25) is 0 Å². The van der Waals surface area contributed by atoms with Gasteiger partial charge in [0.2, 0.25) is 0 Å².